The molecule has 0 unspecified atom stereocenters. The Balaban J connectivity index is 1.88. The van der Waals surface area contributed by atoms with Crippen molar-refractivity contribution in [3.63, 3.8) is 0 Å². The van der Waals surface area contributed by atoms with Gasteiger partial charge in [0.05, 0.1) is 11.1 Å². The Bertz CT molecular complexity index is 984. The van der Waals surface area contributed by atoms with E-state index in [1.54, 1.807) is 19.2 Å². The number of ether oxygens (including phenoxy) is 1. The first-order valence-electron chi connectivity index (χ1n) is 10.7. The molecule has 2 aromatic rings. The van der Waals surface area contributed by atoms with Crippen LogP contribution in [0.4, 0.5) is 5.69 Å². The molecule has 0 saturated carbocycles. The van der Waals surface area contributed by atoms with Gasteiger partial charge in [0.1, 0.15) is 0 Å². The molecule has 2 aromatic carbocycles. The number of rotatable bonds is 8. The van der Waals surface area contributed by atoms with Crippen molar-refractivity contribution in [1.29, 1.82) is 0 Å². The first kappa shape index (κ1) is 22.7. The van der Waals surface area contributed by atoms with Crippen molar-refractivity contribution in [3.8, 4) is 0 Å². The summed E-state index contributed by atoms with van der Waals surface area (Å²) in [7, 11) is 1.58. The maximum Gasteiger partial charge on any atom is 0.261 e. The fourth-order valence-electron chi connectivity index (χ4n) is 3.88. The Morgan fingerprint density at radius 2 is 1.58 bits per heavy atom. The standard InChI is InChI=1S/C25H30N2O4/c1-15(2)18-8-6-9-19(16(3)4)22(18)26-23(28)17-10-11-20-21(14-17)25(30)27(24(20)29)12-7-13-31-5/h6,8-11,14-16H,7,12-13H2,1-5H3,(H,26,28). The number of carbonyl (C=O) groups excluding carboxylic acids is 3. The van der Waals surface area contributed by atoms with Crippen molar-refractivity contribution < 1.29 is 19.1 Å². The summed E-state index contributed by atoms with van der Waals surface area (Å²) >= 11 is 0. The maximum absolute atomic E-state index is 13.1. The van der Waals surface area contributed by atoms with E-state index in [1.807, 2.05) is 18.2 Å². The second kappa shape index (κ2) is 9.43. The van der Waals surface area contributed by atoms with Crippen LogP contribution in [0.5, 0.6) is 0 Å². The Hall–Kier alpha value is -2.99. The van der Waals surface area contributed by atoms with Crippen LogP contribution in [0.15, 0.2) is 36.4 Å². The highest BCUT2D eigenvalue weighted by Gasteiger charge is 2.35. The first-order chi connectivity index (χ1) is 14.8. The van der Waals surface area contributed by atoms with Crippen LogP contribution in [0.2, 0.25) is 0 Å². The molecule has 3 rings (SSSR count). The van der Waals surface area contributed by atoms with Crippen molar-refractivity contribution in [2.24, 2.45) is 0 Å². The molecule has 0 radical (unpaired) electrons. The van der Waals surface area contributed by atoms with Gasteiger partial charge in [-0.3, -0.25) is 19.3 Å². The molecule has 0 aliphatic carbocycles. The summed E-state index contributed by atoms with van der Waals surface area (Å²) in [6.07, 6.45) is 0.569. The van der Waals surface area contributed by atoms with Crippen LogP contribution in [0.1, 0.15) is 88.2 Å². The summed E-state index contributed by atoms with van der Waals surface area (Å²) in [6, 6.07) is 10.7. The zero-order valence-corrected chi connectivity index (χ0v) is 18.8. The van der Waals surface area contributed by atoms with E-state index < -0.39 is 0 Å². The lowest BCUT2D eigenvalue weighted by Gasteiger charge is -2.20. The second-order valence-electron chi connectivity index (χ2n) is 8.44. The molecule has 31 heavy (non-hydrogen) atoms. The summed E-state index contributed by atoms with van der Waals surface area (Å²) < 4.78 is 5.01. The predicted octanol–water partition coefficient (Wildman–Crippen LogP) is 4.82. The van der Waals surface area contributed by atoms with E-state index in [0.717, 1.165) is 16.8 Å². The zero-order valence-electron chi connectivity index (χ0n) is 18.8. The third kappa shape index (κ3) is 4.54. The second-order valence-corrected chi connectivity index (χ2v) is 8.44. The highest BCUT2D eigenvalue weighted by atomic mass is 16.5. The van der Waals surface area contributed by atoms with Crippen LogP contribution >= 0.6 is 0 Å². The first-order valence-corrected chi connectivity index (χ1v) is 10.7. The highest BCUT2D eigenvalue weighted by molar-refractivity contribution is 6.22. The number of imide groups is 1. The minimum absolute atomic E-state index is 0.244. The number of methoxy groups -OCH3 is 1. The molecule has 0 saturated heterocycles. The van der Waals surface area contributed by atoms with Gasteiger partial charge in [-0.05, 0) is 47.6 Å². The van der Waals surface area contributed by atoms with Gasteiger partial charge in [0, 0.05) is 31.5 Å². The monoisotopic (exact) mass is 422 g/mol. The molecule has 1 heterocycles. The van der Waals surface area contributed by atoms with E-state index in [0.29, 0.717) is 30.7 Å². The van der Waals surface area contributed by atoms with Gasteiger partial charge in [-0.25, -0.2) is 0 Å². The quantitative estimate of drug-likeness (QED) is 0.489. The lowest BCUT2D eigenvalue weighted by Crippen LogP contribution is -2.31. The van der Waals surface area contributed by atoms with Gasteiger partial charge in [-0.15, -0.1) is 0 Å². The Kier molecular flexibility index (Phi) is 6.91. The average Bonchev–Trinajstić information content (AvgIpc) is 2.98. The van der Waals surface area contributed by atoms with E-state index in [-0.39, 0.29) is 35.1 Å². The van der Waals surface area contributed by atoms with Crippen molar-refractivity contribution >= 4 is 23.4 Å². The number of amides is 3. The van der Waals surface area contributed by atoms with Crippen LogP contribution in [0, 0.1) is 0 Å². The van der Waals surface area contributed by atoms with Crippen molar-refractivity contribution in [3.05, 3.63) is 64.2 Å². The van der Waals surface area contributed by atoms with Gasteiger partial charge < -0.3 is 10.1 Å². The van der Waals surface area contributed by atoms with Crippen LogP contribution in [0.25, 0.3) is 0 Å². The summed E-state index contributed by atoms with van der Waals surface area (Å²) in [5.74, 6) is -0.495. The summed E-state index contributed by atoms with van der Waals surface area (Å²) in [6.45, 7) is 9.12. The normalized spacial score (nSPS) is 13.3. The maximum atomic E-state index is 13.1. The number of carbonyl (C=O) groups is 3. The third-order valence-corrected chi connectivity index (χ3v) is 5.57. The predicted molar refractivity (Wildman–Crippen MR) is 121 cm³/mol. The molecule has 3 amide bonds. The minimum atomic E-state index is -0.365. The molecule has 6 nitrogen and oxygen atoms in total. The molecular formula is C25H30N2O4. The van der Waals surface area contributed by atoms with Gasteiger partial charge in [0.25, 0.3) is 17.7 Å². The highest BCUT2D eigenvalue weighted by Crippen LogP contribution is 2.33. The lowest BCUT2D eigenvalue weighted by atomic mass is 9.92. The van der Waals surface area contributed by atoms with Gasteiger partial charge in [-0.2, -0.15) is 0 Å². The minimum Gasteiger partial charge on any atom is -0.385 e. The van der Waals surface area contributed by atoms with E-state index in [9.17, 15) is 14.4 Å². The molecule has 1 aliphatic rings. The van der Waals surface area contributed by atoms with Crippen molar-refractivity contribution in [2.75, 3.05) is 25.6 Å². The average molecular weight is 423 g/mol. The molecule has 0 fully saturated rings. The molecule has 1 aliphatic heterocycles. The number of para-hydroxylation sites is 1. The van der Waals surface area contributed by atoms with Gasteiger partial charge >= 0.3 is 0 Å². The third-order valence-electron chi connectivity index (χ3n) is 5.57. The largest absolute Gasteiger partial charge is 0.385 e. The summed E-state index contributed by atoms with van der Waals surface area (Å²) in [5, 5.41) is 3.06. The SMILES string of the molecule is COCCCN1C(=O)c2ccc(C(=O)Nc3c(C(C)C)cccc3C(C)C)cc2C1=O. The van der Waals surface area contributed by atoms with Gasteiger partial charge in [0.15, 0.2) is 0 Å². The molecule has 0 bridgehead atoms. The Morgan fingerprint density at radius 3 is 2.16 bits per heavy atom. The number of hydrogen-bond acceptors (Lipinski definition) is 4. The summed E-state index contributed by atoms with van der Waals surface area (Å²) in [5.41, 5.74) is 3.92. The van der Waals surface area contributed by atoms with E-state index in [2.05, 4.69) is 33.0 Å². The van der Waals surface area contributed by atoms with Gasteiger partial charge in [-0.1, -0.05) is 45.9 Å². The van der Waals surface area contributed by atoms with Crippen LogP contribution < -0.4 is 5.32 Å². The number of nitrogens with one attached hydrogen (secondary N) is 1. The molecule has 0 atom stereocenters. The fourth-order valence-corrected chi connectivity index (χ4v) is 3.88. The number of anilines is 1. The molecule has 6 heteroatoms. The van der Waals surface area contributed by atoms with Crippen LogP contribution in [-0.2, 0) is 4.74 Å². The van der Waals surface area contributed by atoms with Crippen LogP contribution in [0.3, 0.4) is 0 Å². The molecule has 164 valence electrons. The Morgan fingerprint density at radius 1 is 0.968 bits per heavy atom. The number of hydrogen-bond donors (Lipinski definition) is 1. The molecule has 1 N–H and O–H groups in total. The number of benzene rings is 2. The van der Waals surface area contributed by atoms with Crippen molar-refractivity contribution in [1.82, 2.24) is 4.90 Å². The molecule has 0 aromatic heterocycles. The van der Waals surface area contributed by atoms with Crippen LogP contribution in [-0.4, -0.2) is 42.9 Å². The topological polar surface area (TPSA) is 75.7 Å². The Labute approximate surface area is 183 Å². The van der Waals surface area contributed by atoms with Gasteiger partial charge in [0.2, 0.25) is 0 Å². The zero-order chi connectivity index (χ0) is 22.7. The lowest BCUT2D eigenvalue weighted by molar-refractivity contribution is 0.0638. The molecular weight excluding hydrogens is 392 g/mol. The summed E-state index contributed by atoms with van der Waals surface area (Å²) in [4.78, 5) is 39.7. The van der Waals surface area contributed by atoms with E-state index >= 15 is 0 Å². The van der Waals surface area contributed by atoms with Crippen molar-refractivity contribution in [2.45, 2.75) is 46.0 Å². The van der Waals surface area contributed by atoms with E-state index in [4.69, 9.17) is 4.74 Å². The fraction of sp³-hybridized carbons (Fsp3) is 0.400. The number of nitrogens with zero attached hydrogens (tertiary/aromatic N) is 1. The molecule has 0 spiro atoms. The van der Waals surface area contributed by atoms with E-state index in [1.165, 1.54) is 11.0 Å². The number of fused-ring (bicyclic) bond motifs is 1. The smallest absolute Gasteiger partial charge is 0.261 e.